The van der Waals surface area contributed by atoms with Crippen LogP contribution in [0, 0.1) is 24.2 Å². The molecule has 3 rings (SSSR count). The number of carbonyl (C=O) groups excluding carboxylic acids is 1. The number of esters is 1. The van der Waals surface area contributed by atoms with Crippen molar-refractivity contribution >= 4 is 5.97 Å². The molecule has 0 aromatic heterocycles. The third kappa shape index (κ3) is 4.10. The Morgan fingerprint density at radius 1 is 1.35 bits per heavy atom. The summed E-state index contributed by atoms with van der Waals surface area (Å²) < 4.78 is 5.09. The van der Waals surface area contributed by atoms with Gasteiger partial charge in [0.05, 0.1) is 18.1 Å². The van der Waals surface area contributed by atoms with E-state index in [1.54, 1.807) is 0 Å². The van der Waals surface area contributed by atoms with E-state index in [9.17, 15) is 10.1 Å². The molecule has 1 aliphatic carbocycles. The Morgan fingerprint density at radius 2 is 2.12 bits per heavy atom. The number of hydrogen-bond acceptors (Lipinski definition) is 4. The zero-order valence-electron chi connectivity index (χ0n) is 16.0. The first-order valence-corrected chi connectivity index (χ1v) is 9.94. The molecule has 0 spiro atoms. The van der Waals surface area contributed by atoms with Crippen LogP contribution in [0.1, 0.15) is 56.6 Å². The van der Waals surface area contributed by atoms with Gasteiger partial charge in [0.25, 0.3) is 0 Å². The van der Waals surface area contributed by atoms with E-state index in [0.717, 1.165) is 45.2 Å². The molecule has 1 atom stereocenters. The number of nitriles is 1. The maximum absolute atomic E-state index is 11.7. The van der Waals surface area contributed by atoms with Gasteiger partial charge in [0.15, 0.2) is 0 Å². The summed E-state index contributed by atoms with van der Waals surface area (Å²) in [6, 6.07) is 11.6. The molecule has 4 heteroatoms. The van der Waals surface area contributed by atoms with Crippen LogP contribution in [0.5, 0.6) is 0 Å². The summed E-state index contributed by atoms with van der Waals surface area (Å²) in [7, 11) is 0. The van der Waals surface area contributed by atoms with Crippen molar-refractivity contribution in [3.05, 3.63) is 35.4 Å². The van der Waals surface area contributed by atoms with E-state index in [0.29, 0.717) is 25.0 Å². The predicted molar refractivity (Wildman–Crippen MR) is 102 cm³/mol. The Bertz CT molecular complexity index is 671. The molecule has 1 saturated carbocycles. The van der Waals surface area contributed by atoms with E-state index >= 15 is 0 Å². The molecule has 1 aromatic rings. The lowest BCUT2D eigenvalue weighted by Gasteiger charge is -2.39. The Labute approximate surface area is 157 Å². The van der Waals surface area contributed by atoms with Crippen molar-refractivity contribution in [2.24, 2.45) is 5.92 Å². The van der Waals surface area contributed by atoms with Crippen molar-refractivity contribution in [3.63, 3.8) is 0 Å². The molecule has 2 fully saturated rings. The smallest absolute Gasteiger partial charge is 0.306 e. The molecule has 1 aromatic carbocycles. The molecule has 0 bridgehead atoms. The summed E-state index contributed by atoms with van der Waals surface area (Å²) in [5.74, 6) is 0.361. The first-order valence-electron chi connectivity index (χ1n) is 9.94. The number of carbonyl (C=O) groups is 1. The van der Waals surface area contributed by atoms with Crippen LogP contribution in [0.2, 0.25) is 0 Å². The van der Waals surface area contributed by atoms with Crippen molar-refractivity contribution in [1.29, 1.82) is 5.26 Å². The second kappa shape index (κ2) is 8.22. The van der Waals surface area contributed by atoms with E-state index in [1.807, 2.05) is 6.92 Å². The van der Waals surface area contributed by atoms with Gasteiger partial charge in [-0.3, -0.25) is 4.79 Å². The SMILES string of the molecule is CCOC(=O)C[C@H]1CCN(C2CCC(C#N)(c3cccc(C)c3)CC2)C1. The number of aryl methyl sites for hydroxylation is 1. The van der Waals surface area contributed by atoms with Gasteiger partial charge in [-0.2, -0.15) is 5.26 Å². The summed E-state index contributed by atoms with van der Waals surface area (Å²) in [5.41, 5.74) is 2.08. The van der Waals surface area contributed by atoms with Gasteiger partial charge < -0.3 is 9.64 Å². The van der Waals surface area contributed by atoms with E-state index in [2.05, 4.69) is 42.2 Å². The lowest BCUT2D eigenvalue weighted by Crippen LogP contribution is -2.41. The van der Waals surface area contributed by atoms with Crippen LogP contribution in [-0.4, -0.2) is 36.6 Å². The van der Waals surface area contributed by atoms with E-state index in [4.69, 9.17) is 4.74 Å². The number of ether oxygens (including phenoxy) is 1. The molecule has 2 aliphatic rings. The molecular weight excluding hydrogens is 324 g/mol. The fourth-order valence-electron chi connectivity index (χ4n) is 4.68. The van der Waals surface area contributed by atoms with Crippen molar-refractivity contribution in [2.75, 3.05) is 19.7 Å². The van der Waals surface area contributed by atoms with Gasteiger partial charge in [-0.05, 0) is 64.0 Å². The van der Waals surface area contributed by atoms with Crippen molar-refractivity contribution in [2.45, 2.75) is 63.8 Å². The highest BCUT2D eigenvalue weighted by molar-refractivity contribution is 5.69. The second-order valence-electron chi connectivity index (χ2n) is 7.95. The first kappa shape index (κ1) is 18.9. The standard InChI is InChI=1S/C22H30N2O2/c1-3-26-21(25)14-18-9-12-24(15-18)20-7-10-22(16-23,11-8-20)19-6-4-5-17(2)13-19/h4-6,13,18,20H,3,7-12,14-15H2,1-2H3/t18-,20?,22?/m1/s1. The normalized spacial score (nSPS) is 29.3. The van der Waals surface area contributed by atoms with Gasteiger partial charge in [-0.15, -0.1) is 0 Å². The molecule has 0 amide bonds. The van der Waals surface area contributed by atoms with Gasteiger partial charge >= 0.3 is 5.97 Å². The van der Waals surface area contributed by atoms with Crippen molar-refractivity contribution < 1.29 is 9.53 Å². The zero-order valence-corrected chi connectivity index (χ0v) is 16.0. The van der Waals surface area contributed by atoms with Crippen molar-refractivity contribution in [3.8, 4) is 6.07 Å². The first-order chi connectivity index (χ1) is 12.6. The van der Waals surface area contributed by atoms with E-state index in [-0.39, 0.29) is 11.4 Å². The van der Waals surface area contributed by atoms with Crippen LogP contribution in [0.3, 0.4) is 0 Å². The predicted octanol–water partition coefficient (Wildman–Crippen LogP) is 3.97. The number of rotatable bonds is 5. The zero-order chi connectivity index (χ0) is 18.6. The fraction of sp³-hybridized carbons (Fsp3) is 0.636. The van der Waals surface area contributed by atoms with E-state index in [1.165, 1.54) is 11.1 Å². The fourth-order valence-corrected chi connectivity index (χ4v) is 4.68. The molecule has 1 saturated heterocycles. The molecule has 140 valence electrons. The number of hydrogen-bond donors (Lipinski definition) is 0. The monoisotopic (exact) mass is 354 g/mol. The van der Waals surface area contributed by atoms with Crippen LogP contribution >= 0.6 is 0 Å². The van der Waals surface area contributed by atoms with Gasteiger partial charge in [0.2, 0.25) is 0 Å². The molecule has 0 radical (unpaired) electrons. The number of nitrogens with zero attached hydrogens (tertiary/aromatic N) is 2. The van der Waals surface area contributed by atoms with Gasteiger partial charge in [0, 0.05) is 19.0 Å². The quantitative estimate of drug-likeness (QED) is 0.751. The maximum atomic E-state index is 11.7. The number of benzene rings is 1. The molecular formula is C22H30N2O2. The topological polar surface area (TPSA) is 53.3 Å². The molecule has 26 heavy (non-hydrogen) atoms. The van der Waals surface area contributed by atoms with Gasteiger partial charge in [-0.25, -0.2) is 0 Å². The largest absolute Gasteiger partial charge is 0.466 e. The Hall–Kier alpha value is -1.86. The average Bonchev–Trinajstić information content (AvgIpc) is 3.10. The van der Waals surface area contributed by atoms with Gasteiger partial charge in [0.1, 0.15) is 0 Å². The maximum Gasteiger partial charge on any atom is 0.306 e. The lowest BCUT2D eigenvalue weighted by molar-refractivity contribution is -0.144. The molecule has 0 N–H and O–H groups in total. The van der Waals surface area contributed by atoms with Crippen LogP contribution < -0.4 is 0 Å². The summed E-state index contributed by atoms with van der Waals surface area (Å²) >= 11 is 0. The van der Waals surface area contributed by atoms with Crippen LogP contribution in [-0.2, 0) is 14.9 Å². The molecule has 0 unspecified atom stereocenters. The number of likely N-dealkylation sites (tertiary alicyclic amines) is 1. The Balaban J connectivity index is 1.57. The summed E-state index contributed by atoms with van der Waals surface area (Å²) in [5, 5.41) is 9.91. The molecule has 4 nitrogen and oxygen atoms in total. The van der Waals surface area contributed by atoms with Crippen LogP contribution in [0.4, 0.5) is 0 Å². The van der Waals surface area contributed by atoms with E-state index < -0.39 is 0 Å². The van der Waals surface area contributed by atoms with Crippen LogP contribution in [0.25, 0.3) is 0 Å². The van der Waals surface area contributed by atoms with Crippen LogP contribution in [0.15, 0.2) is 24.3 Å². The second-order valence-corrected chi connectivity index (χ2v) is 7.95. The summed E-state index contributed by atoms with van der Waals surface area (Å²) in [6.45, 7) is 6.48. The van der Waals surface area contributed by atoms with Gasteiger partial charge in [-0.1, -0.05) is 29.8 Å². The molecule has 1 aliphatic heterocycles. The minimum atomic E-state index is -0.327. The summed E-state index contributed by atoms with van der Waals surface area (Å²) in [4.78, 5) is 14.3. The lowest BCUT2D eigenvalue weighted by atomic mass is 9.69. The highest BCUT2D eigenvalue weighted by atomic mass is 16.5. The minimum absolute atomic E-state index is 0.0639. The highest BCUT2D eigenvalue weighted by Gasteiger charge is 2.40. The minimum Gasteiger partial charge on any atom is -0.466 e. The van der Waals surface area contributed by atoms with Crippen molar-refractivity contribution in [1.82, 2.24) is 4.90 Å². The third-order valence-corrected chi connectivity index (χ3v) is 6.19. The highest BCUT2D eigenvalue weighted by Crippen LogP contribution is 2.41. The molecule has 1 heterocycles. The third-order valence-electron chi connectivity index (χ3n) is 6.19. The summed E-state index contributed by atoms with van der Waals surface area (Å²) in [6.07, 6.45) is 5.60. The Kier molecular flexibility index (Phi) is 5.98. The average molecular weight is 354 g/mol. The Morgan fingerprint density at radius 3 is 2.77 bits per heavy atom.